The number of nitrogens with one attached hydrogen (secondary N) is 1. The van der Waals surface area contributed by atoms with Gasteiger partial charge in [0.25, 0.3) is 0 Å². The first-order valence-electron chi connectivity index (χ1n) is 5.66. The van der Waals surface area contributed by atoms with Crippen LogP contribution in [0.15, 0.2) is 41.6 Å². The average Bonchev–Trinajstić information content (AvgIpc) is 2.44. The van der Waals surface area contributed by atoms with Crippen molar-refractivity contribution in [2.75, 3.05) is 13.2 Å². The monoisotopic (exact) mass is 282 g/mol. The van der Waals surface area contributed by atoms with E-state index >= 15 is 0 Å². The maximum absolute atomic E-state index is 12.1. The van der Waals surface area contributed by atoms with Gasteiger partial charge in [-0.1, -0.05) is 12.1 Å². The number of aromatic nitrogens is 1. The van der Waals surface area contributed by atoms with E-state index in [0.29, 0.717) is 10.8 Å². The Labute approximate surface area is 110 Å². The van der Waals surface area contributed by atoms with E-state index in [-0.39, 0.29) is 11.4 Å². The van der Waals surface area contributed by atoms with Crippen molar-refractivity contribution in [1.82, 2.24) is 9.71 Å². The molecule has 19 heavy (non-hydrogen) atoms. The van der Waals surface area contributed by atoms with Gasteiger partial charge in [-0.05, 0) is 12.1 Å². The van der Waals surface area contributed by atoms with E-state index in [1.807, 2.05) is 0 Å². The van der Waals surface area contributed by atoms with Crippen LogP contribution in [0, 0.1) is 0 Å². The van der Waals surface area contributed by atoms with Crippen LogP contribution in [0.5, 0.6) is 0 Å². The average molecular weight is 282 g/mol. The number of fused-ring (bicyclic) bond motifs is 1. The predicted octanol–water partition coefficient (Wildman–Crippen LogP) is -0.134. The molecular formula is C12H14N2O4S. The zero-order valence-corrected chi connectivity index (χ0v) is 10.8. The molecule has 102 valence electrons. The summed E-state index contributed by atoms with van der Waals surface area (Å²) in [4.78, 5) is 4.06. The summed E-state index contributed by atoms with van der Waals surface area (Å²) in [7, 11) is -3.74. The van der Waals surface area contributed by atoms with Crippen molar-refractivity contribution in [3.05, 3.63) is 36.7 Å². The van der Waals surface area contributed by atoms with Gasteiger partial charge in [-0.3, -0.25) is 4.98 Å². The second-order valence-corrected chi connectivity index (χ2v) is 5.78. The predicted molar refractivity (Wildman–Crippen MR) is 70.0 cm³/mol. The van der Waals surface area contributed by atoms with Crippen LogP contribution in [0.2, 0.25) is 0 Å². The highest BCUT2D eigenvalue weighted by molar-refractivity contribution is 7.89. The standard InChI is InChI=1S/C12H14N2O4S/c15-8-10(16)7-14-19(17,18)12-3-1-2-9-6-13-5-4-11(9)12/h1-6,10,14-16H,7-8H2. The van der Waals surface area contributed by atoms with Crippen molar-refractivity contribution in [2.24, 2.45) is 0 Å². The summed E-state index contributed by atoms with van der Waals surface area (Å²) < 4.78 is 26.5. The summed E-state index contributed by atoms with van der Waals surface area (Å²) in [6.07, 6.45) is 1.98. The molecule has 0 amide bonds. The molecule has 0 saturated heterocycles. The Kier molecular flexibility index (Phi) is 4.11. The molecule has 1 aromatic carbocycles. The van der Waals surface area contributed by atoms with Crippen molar-refractivity contribution < 1.29 is 18.6 Å². The largest absolute Gasteiger partial charge is 0.394 e. The third-order valence-electron chi connectivity index (χ3n) is 2.65. The Bertz CT molecular complexity index is 667. The fourth-order valence-electron chi connectivity index (χ4n) is 1.68. The molecule has 6 nitrogen and oxygen atoms in total. The Balaban J connectivity index is 2.38. The number of sulfonamides is 1. The second kappa shape index (κ2) is 5.62. The summed E-state index contributed by atoms with van der Waals surface area (Å²) in [5, 5.41) is 19.1. The summed E-state index contributed by atoms with van der Waals surface area (Å²) in [5.74, 6) is 0. The first-order valence-corrected chi connectivity index (χ1v) is 7.14. The molecule has 0 radical (unpaired) electrons. The summed E-state index contributed by atoms with van der Waals surface area (Å²) in [6.45, 7) is -0.734. The van der Waals surface area contributed by atoms with Gasteiger partial charge in [-0.25, -0.2) is 13.1 Å². The van der Waals surface area contributed by atoms with Crippen molar-refractivity contribution in [3.63, 3.8) is 0 Å². The number of nitrogens with zero attached hydrogens (tertiary/aromatic N) is 1. The van der Waals surface area contributed by atoms with Crippen LogP contribution >= 0.6 is 0 Å². The van der Waals surface area contributed by atoms with Gasteiger partial charge in [0.05, 0.1) is 17.6 Å². The summed E-state index contributed by atoms with van der Waals surface area (Å²) in [6, 6.07) is 6.49. The van der Waals surface area contributed by atoms with Crippen molar-refractivity contribution >= 4 is 20.8 Å². The fraction of sp³-hybridized carbons (Fsp3) is 0.250. The number of pyridine rings is 1. The summed E-state index contributed by atoms with van der Waals surface area (Å²) in [5.41, 5.74) is 0. The number of aliphatic hydroxyl groups excluding tert-OH is 2. The number of aliphatic hydroxyl groups is 2. The van der Waals surface area contributed by atoms with E-state index in [2.05, 4.69) is 9.71 Å². The lowest BCUT2D eigenvalue weighted by Crippen LogP contribution is -2.34. The van der Waals surface area contributed by atoms with E-state index in [0.717, 1.165) is 0 Å². The SMILES string of the molecule is O=S(=O)(NCC(O)CO)c1cccc2cnccc12. The van der Waals surface area contributed by atoms with Gasteiger partial charge in [0.1, 0.15) is 0 Å². The molecule has 1 atom stereocenters. The van der Waals surface area contributed by atoms with Crippen LogP contribution in [-0.2, 0) is 10.0 Å². The molecule has 1 aromatic heterocycles. The van der Waals surface area contributed by atoms with Gasteiger partial charge in [0.15, 0.2) is 0 Å². The second-order valence-electron chi connectivity index (χ2n) is 4.04. The van der Waals surface area contributed by atoms with Gasteiger partial charge < -0.3 is 10.2 Å². The van der Waals surface area contributed by atoms with E-state index in [9.17, 15) is 13.5 Å². The molecule has 0 fully saturated rings. The smallest absolute Gasteiger partial charge is 0.241 e. The highest BCUT2D eigenvalue weighted by atomic mass is 32.2. The van der Waals surface area contributed by atoms with Gasteiger partial charge in [-0.2, -0.15) is 0 Å². The molecule has 0 spiro atoms. The minimum atomic E-state index is -3.74. The minimum Gasteiger partial charge on any atom is -0.394 e. The Morgan fingerprint density at radius 3 is 2.84 bits per heavy atom. The lowest BCUT2D eigenvalue weighted by atomic mass is 10.2. The Hall–Kier alpha value is -1.54. The molecule has 3 N–H and O–H groups in total. The lowest BCUT2D eigenvalue weighted by molar-refractivity contribution is 0.0988. The lowest BCUT2D eigenvalue weighted by Gasteiger charge is -2.11. The molecule has 0 aliphatic rings. The van der Waals surface area contributed by atoms with E-state index in [1.54, 1.807) is 24.4 Å². The number of rotatable bonds is 5. The van der Waals surface area contributed by atoms with Crippen molar-refractivity contribution in [2.45, 2.75) is 11.0 Å². The third kappa shape index (κ3) is 3.07. The maximum atomic E-state index is 12.1. The highest BCUT2D eigenvalue weighted by Gasteiger charge is 2.18. The Morgan fingerprint density at radius 1 is 1.32 bits per heavy atom. The van der Waals surface area contributed by atoms with E-state index in [1.165, 1.54) is 12.3 Å². The number of hydrogen-bond acceptors (Lipinski definition) is 5. The fourth-order valence-corrected chi connectivity index (χ4v) is 2.98. The zero-order chi connectivity index (χ0) is 13.9. The van der Waals surface area contributed by atoms with Gasteiger partial charge >= 0.3 is 0 Å². The first-order chi connectivity index (χ1) is 9.04. The molecule has 0 saturated carbocycles. The first kappa shape index (κ1) is 13.9. The van der Waals surface area contributed by atoms with Gasteiger partial charge in [-0.15, -0.1) is 0 Å². The zero-order valence-electron chi connectivity index (χ0n) is 10.0. The molecular weight excluding hydrogens is 268 g/mol. The molecule has 2 rings (SSSR count). The molecule has 1 unspecified atom stereocenters. The highest BCUT2D eigenvalue weighted by Crippen LogP contribution is 2.21. The van der Waals surface area contributed by atoms with E-state index < -0.39 is 22.7 Å². The van der Waals surface area contributed by atoms with Crippen LogP contribution in [0.25, 0.3) is 10.8 Å². The molecule has 0 aliphatic carbocycles. The van der Waals surface area contributed by atoms with Crippen LogP contribution in [-0.4, -0.2) is 42.9 Å². The normalized spacial score (nSPS) is 13.6. The topological polar surface area (TPSA) is 99.5 Å². The van der Waals surface area contributed by atoms with Crippen LogP contribution in [0.4, 0.5) is 0 Å². The Morgan fingerprint density at radius 2 is 2.11 bits per heavy atom. The molecule has 2 aromatic rings. The molecule has 0 bridgehead atoms. The molecule has 7 heteroatoms. The minimum absolute atomic E-state index is 0.123. The van der Waals surface area contributed by atoms with Crippen molar-refractivity contribution in [1.29, 1.82) is 0 Å². The van der Waals surface area contributed by atoms with Crippen molar-refractivity contribution in [3.8, 4) is 0 Å². The number of benzene rings is 1. The summed E-state index contributed by atoms with van der Waals surface area (Å²) >= 11 is 0. The molecule has 0 aliphatic heterocycles. The van der Waals surface area contributed by atoms with E-state index in [4.69, 9.17) is 5.11 Å². The van der Waals surface area contributed by atoms with Crippen LogP contribution in [0.3, 0.4) is 0 Å². The maximum Gasteiger partial charge on any atom is 0.241 e. The van der Waals surface area contributed by atoms with Gasteiger partial charge in [0, 0.05) is 29.7 Å². The van der Waals surface area contributed by atoms with Crippen LogP contribution in [0.1, 0.15) is 0 Å². The molecule has 1 heterocycles. The number of hydrogen-bond donors (Lipinski definition) is 3. The quantitative estimate of drug-likeness (QED) is 0.709. The third-order valence-corrected chi connectivity index (χ3v) is 4.13. The van der Waals surface area contributed by atoms with Gasteiger partial charge in [0.2, 0.25) is 10.0 Å². The van der Waals surface area contributed by atoms with Crippen LogP contribution < -0.4 is 4.72 Å².